The standard InChI is InChI=1S/C12H22O5Si2/c1-7-11(13)15-9-18(3,4)17-19(5,6)10-16-12(14)8-2/h7-8H,1-2,9-10H2,3-6H3. The molecule has 7 heteroatoms. The van der Waals surface area contributed by atoms with Crippen LogP contribution in [-0.4, -0.2) is 41.0 Å². The molecule has 108 valence electrons. The quantitative estimate of drug-likeness (QED) is 0.389. The van der Waals surface area contributed by atoms with Gasteiger partial charge in [0, 0.05) is 12.2 Å². The third kappa shape index (κ3) is 8.52. The summed E-state index contributed by atoms with van der Waals surface area (Å²) < 4.78 is 16.1. The van der Waals surface area contributed by atoms with E-state index in [9.17, 15) is 9.59 Å². The van der Waals surface area contributed by atoms with Crippen molar-refractivity contribution in [3.63, 3.8) is 0 Å². The lowest BCUT2D eigenvalue weighted by Gasteiger charge is -2.32. The van der Waals surface area contributed by atoms with Crippen LogP contribution in [0.4, 0.5) is 0 Å². The maximum absolute atomic E-state index is 11.0. The monoisotopic (exact) mass is 302 g/mol. The lowest BCUT2D eigenvalue weighted by Crippen LogP contribution is -2.51. The molecule has 0 fully saturated rings. The predicted octanol–water partition coefficient (Wildman–Crippen LogP) is 1.95. The van der Waals surface area contributed by atoms with Gasteiger partial charge in [0.05, 0.1) is 0 Å². The van der Waals surface area contributed by atoms with Gasteiger partial charge in [-0.25, -0.2) is 9.59 Å². The fraction of sp³-hybridized carbons (Fsp3) is 0.500. The summed E-state index contributed by atoms with van der Waals surface area (Å²) in [4.78, 5) is 22.1. The fourth-order valence-corrected chi connectivity index (χ4v) is 8.85. The van der Waals surface area contributed by atoms with Gasteiger partial charge in [-0.2, -0.15) is 0 Å². The number of esters is 2. The lowest BCUT2D eigenvalue weighted by atomic mass is 10.7. The van der Waals surface area contributed by atoms with Crippen LogP contribution < -0.4 is 0 Å². The molecule has 0 amide bonds. The minimum Gasteiger partial charge on any atom is -0.463 e. The third-order valence-corrected chi connectivity index (χ3v) is 8.11. The molecule has 0 heterocycles. The summed E-state index contributed by atoms with van der Waals surface area (Å²) in [5.74, 6) is -0.913. The Balaban J connectivity index is 4.36. The number of ether oxygens (including phenoxy) is 2. The van der Waals surface area contributed by atoms with Gasteiger partial charge in [-0.3, -0.25) is 0 Å². The van der Waals surface area contributed by atoms with Crippen molar-refractivity contribution in [1.29, 1.82) is 0 Å². The Kier molecular flexibility index (Phi) is 6.95. The Morgan fingerprint density at radius 2 is 1.21 bits per heavy atom. The third-order valence-electron chi connectivity index (χ3n) is 2.01. The average molecular weight is 302 g/mol. The Bertz CT molecular complexity index is 329. The van der Waals surface area contributed by atoms with E-state index in [0.29, 0.717) is 0 Å². The molecule has 0 saturated carbocycles. The van der Waals surface area contributed by atoms with Crippen LogP contribution in [0.3, 0.4) is 0 Å². The molecular weight excluding hydrogens is 280 g/mol. The van der Waals surface area contributed by atoms with Gasteiger partial charge in [-0.15, -0.1) is 0 Å². The van der Waals surface area contributed by atoms with Crippen LogP contribution in [0.5, 0.6) is 0 Å². The minimum atomic E-state index is -2.15. The van der Waals surface area contributed by atoms with E-state index in [0.717, 1.165) is 12.2 Å². The van der Waals surface area contributed by atoms with Crippen LogP contribution in [0, 0.1) is 0 Å². The van der Waals surface area contributed by atoms with Crippen LogP contribution in [-0.2, 0) is 23.2 Å². The highest BCUT2D eigenvalue weighted by molar-refractivity contribution is 6.84. The summed E-state index contributed by atoms with van der Waals surface area (Å²) in [5, 5.41) is 0. The normalized spacial score (nSPS) is 11.6. The van der Waals surface area contributed by atoms with Crippen LogP contribution in [0.25, 0.3) is 0 Å². The molecule has 0 saturated heterocycles. The van der Waals surface area contributed by atoms with Gasteiger partial charge in [-0.1, -0.05) is 13.2 Å². The van der Waals surface area contributed by atoms with Crippen molar-refractivity contribution in [3.05, 3.63) is 25.3 Å². The Morgan fingerprint density at radius 3 is 1.47 bits per heavy atom. The van der Waals surface area contributed by atoms with E-state index in [-0.39, 0.29) is 12.5 Å². The highest BCUT2D eigenvalue weighted by Crippen LogP contribution is 2.15. The molecule has 0 N–H and O–H groups in total. The van der Waals surface area contributed by atoms with Gasteiger partial charge in [0.25, 0.3) is 0 Å². The second kappa shape index (κ2) is 7.41. The highest BCUT2D eigenvalue weighted by atomic mass is 28.4. The van der Waals surface area contributed by atoms with Crippen LogP contribution in [0.1, 0.15) is 0 Å². The first-order chi connectivity index (χ1) is 8.62. The maximum atomic E-state index is 11.0. The van der Waals surface area contributed by atoms with Crippen molar-refractivity contribution in [1.82, 2.24) is 0 Å². The lowest BCUT2D eigenvalue weighted by molar-refractivity contribution is -0.136. The zero-order valence-electron chi connectivity index (χ0n) is 12.0. The van der Waals surface area contributed by atoms with Crippen molar-refractivity contribution in [2.75, 3.05) is 12.5 Å². The first kappa shape index (κ1) is 17.8. The van der Waals surface area contributed by atoms with Crippen molar-refractivity contribution >= 4 is 28.6 Å². The number of hydrogen-bond acceptors (Lipinski definition) is 5. The average Bonchev–Trinajstić information content (AvgIpc) is 2.31. The van der Waals surface area contributed by atoms with E-state index in [1.165, 1.54) is 0 Å². The number of carbonyl (C=O) groups is 2. The zero-order chi connectivity index (χ0) is 15.1. The first-order valence-electron chi connectivity index (χ1n) is 5.90. The predicted molar refractivity (Wildman–Crippen MR) is 78.4 cm³/mol. The van der Waals surface area contributed by atoms with E-state index < -0.39 is 28.6 Å². The van der Waals surface area contributed by atoms with Gasteiger partial charge in [0.15, 0.2) is 0 Å². The van der Waals surface area contributed by atoms with Crippen molar-refractivity contribution in [2.24, 2.45) is 0 Å². The number of carbonyl (C=O) groups excluding carboxylic acids is 2. The maximum Gasteiger partial charge on any atom is 0.329 e. The fourth-order valence-electron chi connectivity index (χ4n) is 1.41. The van der Waals surface area contributed by atoms with Crippen LogP contribution in [0.2, 0.25) is 26.2 Å². The second-order valence-electron chi connectivity index (χ2n) is 5.25. The largest absolute Gasteiger partial charge is 0.463 e. The molecule has 0 bridgehead atoms. The molecule has 0 radical (unpaired) electrons. The summed E-state index contributed by atoms with van der Waals surface area (Å²) in [6.45, 7) is 14.5. The van der Waals surface area contributed by atoms with Gasteiger partial charge in [0.1, 0.15) is 12.5 Å². The second-order valence-corrected chi connectivity index (χ2v) is 13.7. The molecule has 0 atom stereocenters. The molecule has 0 aromatic heterocycles. The summed E-state index contributed by atoms with van der Waals surface area (Å²) in [7, 11) is -4.29. The van der Waals surface area contributed by atoms with Crippen molar-refractivity contribution < 1.29 is 23.2 Å². The summed E-state index contributed by atoms with van der Waals surface area (Å²) in [5.41, 5.74) is 0. The van der Waals surface area contributed by atoms with E-state index >= 15 is 0 Å². The SMILES string of the molecule is C=CC(=O)OC[Si](C)(C)O[Si](C)(C)COC(=O)C=C. The summed E-state index contributed by atoms with van der Waals surface area (Å²) >= 11 is 0. The number of rotatable bonds is 8. The van der Waals surface area contributed by atoms with E-state index in [4.69, 9.17) is 13.6 Å². The van der Waals surface area contributed by atoms with Gasteiger partial charge >= 0.3 is 11.9 Å². The van der Waals surface area contributed by atoms with E-state index in [2.05, 4.69) is 13.2 Å². The van der Waals surface area contributed by atoms with Gasteiger partial charge in [0.2, 0.25) is 16.6 Å². The molecule has 0 rings (SSSR count). The molecular formula is C12H22O5Si2. The smallest absolute Gasteiger partial charge is 0.329 e. The van der Waals surface area contributed by atoms with Gasteiger partial charge < -0.3 is 13.6 Å². The molecule has 0 spiro atoms. The Hall–Kier alpha value is -1.19. The molecule has 0 aliphatic carbocycles. The molecule has 0 aromatic carbocycles. The number of hydrogen-bond donors (Lipinski definition) is 0. The van der Waals surface area contributed by atoms with E-state index in [1.807, 2.05) is 26.2 Å². The first-order valence-corrected chi connectivity index (χ1v) is 12.1. The van der Waals surface area contributed by atoms with Crippen molar-refractivity contribution in [2.45, 2.75) is 26.2 Å². The summed E-state index contributed by atoms with van der Waals surface area (Å²) in [6, 6.07) is 0. The molecule has 0 aliphatic heterocycles. The molecule has 0 aliphatic rings. The summed E-state index contributed by atoms with van der Waals surface area (Å²) in [6.07, 6.45) is 2.76. The van der Waals surface area contributed by atoms with Gasteiger partial charge in [-0.05, 0) is 26.2 Å². The van der Waals surface area contributed by atoms with Crippen LogP contribution >= 0.6 is 0 Å². The van der Waals surface area contributed by atoms with E-state index in [1.54, 1.807) is 0 Å². The van der Waals surface area contributed by atoms with Crippen LogP contribution in [0.15, 0.2) is 25.3 Å². The molecule has 0 aromatic rings. The highest BCUT2D eigenvalue weighted by Gasteiger charge is 2.35. The Labute approximate surface area is 116 Å². The minimum absolute atomic E-state index is 0.254. The zero-order valence-corrected chi connectivity index (χ0v) is 14.0. The Morgan fingerprint density at radius 1 is 0.895 bits per heavy atom. The topological polar surface area (TPSA) is 61.8 Å². The molecule has 19 heavy (non-hydrogen) atoms. The molecule has 5 nitrogen and oxygen atoms in total. The molecule has 0 unspecified atom stereocenters. The van der Waals surface area contributed by atoms with Crippen molar-refractivity contribution in [3.8, 4) is 0 Å².